The number of aromatic nitrogens is 1. The highest BCUT2D eigenvalue weighted by atomic mass is 32.2. The first-order chi connectivity index (χ1) is 9.19. The van der Waals surface area contributed by atoms with Crippen LogP contribution < -0.4 is 10.5 Å². The summed E-state index contributed by atoms with van der Waals surface area (Å²) in [6.07, 6.45) is 1.73. The molecule has 0 aliphatic carbocycles. The molecule has 5 heteroatoms. The van der Waals surface area contributed by atoms with Crippen LogP contribution in [0.5, 0.6) is 5.75 Å². The van der Waals surface area contributed by atoms with Gasteiger partial charge in [0.25, 0.3) is 0 Å². The van der Waals surface area contributed by atoms with Gasteiger partial charge in [-0.15, -0.1) is 11.8 Å². The van der Waals surface area contributed by atoms with Gasteiger partial charge in [-0.05, 0) is 29.8 Å². The van der Waals surface area contributed by atoms with E-state index in [1.807, 2.05) is 24.3 Å². The van der Waals surface area contributed by atoms with E-state index >= 15 is 0 Å². The first-order valence-electron chi connectivity index (χ1n) is 5.70. The Morgan fingerprint density at radius 1 is 1.32 bits per heavy atom. The third-order valence-corrected chi connectivity index (χ3v) is 3.82. The number of benzene rings is 1. The summed E-state index contributed by atoms with van der Waals surface area (Å²) in [6.45, 7) is 0. The van der Waals surface area contributed by atoms with Gasteiger partial charge in [-0.2, -0.15) is 0 Å². The average Bonchev–Trinajstić information content (AvgIpc) is 2.46. The maximum atomic E-state index is 5.57. The molecule has 0 radical (unpaired) electrons. The van der Waals surface area contributed by atoms with Crippen molar-refractivity contribution in [1.82, 2.24) is 4.98 Å². The highest BCUT2D eigenvalue weighted by Gasteiger charge is 2.01. The third-order valence-electron chi connectivity index (χ3n) is 2.55. The summed E-state index contributed by atoms with van der Waals surface area (Å²) in [4.78, 5) is 5.55. The van der Waals surface area contributed by atoms with Gasteiger partial charge >= 0.3 is 0 Å². The second kappa shape index (κ2) is 6.54. The maximum Gasteiger partial charge on any atom is 0.122 e. The largest absolute Gasteiger partial charge is 0.497 e. The maximum absolute atomic E-state index is 5.57. The number of thioether (sulfide) groups is 1. The number of methoxy groups -OCH3 is 1. The van der Waals surface area contributed by atoms with Gasteiger partial charge in [0.1, 0.15) is 10.7 Å². The van der Waals surface area contributed by atoms with Gasteiger partial charge in [-0.3, -0.25) is 4.98 Å². The molecular formula is C14H14N2OS2. The zero-order valence-electron chi connectivity index (χ0n) is 10.5. The Hall–Kier alpha value is -1.59. The van der Waals surface area contributed by atoms with Gasteiger partial charge in [-0.25, -0.2) is 0 Å². The third kappa shape index (κ3) is 3.94. The molecule has 0 spiro atoms. The van der Waals surface area contributed by atoms with Gasteiger partial charge in [0, 0.05) is 16.8 Å². The zero-order valence-corrected chi connectivity index (χ0v) is 12.1. The van der Waals surface area contributed by atoms with E-state index in [9.17, 15) is 0 Å². The first kappa shape index (κ1) is 13.8. The van der Waals surface area contributed by atoms with Crippen LogP contribution in [0, 0.1) is 0 Å². The van der Waals surface area contributed by atoms with E-state index in [-0.39, 0.29) is 0 Å². The second-order valence-electron chi connectivity index (χ2n) is 3.88. The number of hydrogen-bond acceptors (Lipinski definition) is 4. The van der Waals surface area contributed by atoms with Crippen molar-refractivity contribution in [3.8, 4) is 5.75 Å². The molecule has 2 N–H and O–H groups in total. The molecule has 1 heterocycles. The molecular weight excluding hydrogens is 276 g/mol. The molecule has 0 fully saturated rings. The van der Waals surface area contributed by atoms with E-state index < -0.39 is 0 Å². The number of ether oxygens (including phenoxy) is 1. The van der Waals surface area contributed by atoms with E-state index in [4.69, 9.17) is 22.7 Å². The second-order valence-corrected chi connectivity index (χ2v) is 5.37. The van der Waals surface area contributed by atoms with E-state index in [1.165, 1.54) is 5.56 Å². The fourth-order valence-corrected chi connectivity index (χ4v) is 2.51. The van der Waals surface area contributed by atoms with Gasteiger partial charge in [0.2, 0.25) is 0 Å². The molecule has 0 saturated heterocycles. The van der Waals surface area contributed by atoms with Crippen LogP contribution in [0.15, 0.2) is 47.5 Å². The molecule has 19 heavy (non-hydrogen) atoms. The predicted octanol–water partition coefficient (Wildman–Crippen LogP) is 3.02. The van der Waals surface area contributed by atoms with Crippen molar-refractivity contribution in [2.24, 2.45) is 5.73 Å². The Balaban J connectivity index is 2.01. The lowest BCUT2D eigenvalue weighted by atomic mass is 10.2. The quantitative estimate of drug-likeness (QED) is 0.677. The summed E-state index contributed by atoms with van der Waals surface area (Å²) in [5.41, 5.74) is 7.47. The molecule has 2 aromatic rings. The van der Waals surface area contributed by atoms with Crippen LogP contribution in [0.4, 0.5) is 0 Å². The zero-order chi connectivity index (χ0) is 13.7. The van der Waals surface area contributed by atoms with Crippen LogP contribution >= 0.6 is 24.0 Å². The minimum atomic E-state index is 0.326. The summed E-state index contributed by atoms with van der Waals surface area (Å²) < 4.78 is 5.13. The van der Waals surface area contributed by atoms with E-state index in [1.54, 1.807) is 25.1 Å². The highest BCUT2D eigenvalue weighted by Crippen LogP contribution is 2.24. The molecule has 2 rings (SSSR count). The molecule has 0 unspecified atom stereocenters. The molecule has 3 nitrogen and oxygen atoms in total. The van der Waals surface area contributed by atoms with E-state index in [0.29, 0.717) is 10.7 Å². The molecule has 0 atom stereocenters. The van der Waals surface area contributed by atoms with E-state index in [0.717, 1.165) is 16.4 Å². The Labute approximate surface area is 122 Å². The van der Waals surface area contributed by atoms with Gasteiger partial charge in [0.05, 0.1) is 12.8 Å². The molecule has 0 bridgehead atoms. The van der Waals surface area contributed by atoms with Crippen molar-refractivity contribution in [1.29, 1.82) is 0 Å². The fraction of sp³-hybridized carbons (Fsp3) is 0.143. The number of pyridine rings is 1. The molecule has 0 aliphatic heterocycles. The summed E-state index contributed by atoms with van der Waals surface area (Å²) in [6, 6.07) is 11.9. The summed E-state index contributed by atoms with van der Waals surface area (Å²) in [5.74, 6) is 1.75. The lowest BCUT2D eigenvalue weighted by Crippen LogP contribution is -2.11. The summed E-state index contributed by atoms with van der Waals surface area (Å²) in [7, 11) is 1.66. The highest BCUT2D eigenvalue weighted by molar-refractivity contribution is 7.98. The van der Waals surface area contributed by atoms with Crippen LogP contribution in [-0.2, 0) is 5.75 Å². The van der Waals surface area contributed by atoms with Crippen LogP contribution in [0.1, 0.15) is 11.3 Å². The number of thiocarbonyl (C=S) groups is 1. The Morgan fingerprint density at radius 2 is 2.05 bits per heavy atom. The van der Waals surface area contributed by atoms with Crippen molar-refractivity contribution in [3.05, 3.63) is 53.9 Å². The number of rotatable bonds is 5. The first-order valence-corrected chi connectivity index (χ1v) is 7.10. The van der Waals surface area contributed by atoms with Crippen LogP contribution in [0.2, 0.25) is 0 Å². The van der Waals surface area contributed by atoms with Crippen LogP contribution in [0.3, 0.4) is 0 Å². The van der Waals surface area contributed by atoms with Gasteiger partial charge in [0.15, 0.2) is 0 Å². The van der Waals surface area contributed by atoms with Crippen molar-refractivity contribution >= 4 is 29.0 Å². The van der Waals surface area contributed by atoms with Crippen molar-refractivity contribution in [3.63, 3.8) is 0 Å². The standard InChI is InChI=1S/C14H14N2OS2/c1-17-11-4-2-10(3-5-11)9-19-12-6-7-16-13(8-12)14(15)18/h2-8H,9H2,1H3,(H2,15,18). The Bertz CT molecular complexity index is 570. The number of hydrogen-bond donors (Lipinski definition) is 1. The lowest BCUT2D eigenvalue weighted by Gasteiger charge is -2.05. The molecule has 0 aliphatic rings. The smallest absolute Gasteiger partial charge is 0.122 e. The molecule has 0 saturated carbocycles. The normalized spacial score (nSPS) is 10.2. The van der Waals surface area contributed by atoms with Gasteiger partial charge in [-0.1, -0.05) is 24.4 Å². The summed E-state index contributed by atoms with van der Waals surface area (Å²) in [5, 5.41) is 0. The van der Waals surface area contributed by atoms with Crippen molar-refractivity contribution in [2.45, 2.75) is 10.6 Å². The average molecular weight is 290 g/mol. The van der Waals surface area contributed by atoms with Gasteiger partial charge < -0.3 is 10.5 Å². The van der Waals surface area contributed by atoms with E-state index in [2.05, 4.69) is 17.1 Å². The predicted molar refractivity (Wildman–Crippen MR) is 82.7 cm³/mol. The number of nitrogens with zero attached hydrogens (tertiary/aromatic N) is 1. The molecule has 98 valence electrons. The van der Waals surface area contributed by atoms with Crippen molar-refractivity contribution in [2.75, 3.05) is 7.11 Å². The SMILES string of the molecule is COc1ccc(CSc2ccnc(C(N)=S)c2)cc1. The topological polar surface area (TPSA) is 48.1 Å². The molecule has 1 aromatic carbocycles. The minimum absolute atomic E-state index is 0.326. The Morgan fingerprint density at radius 3 is 2.68 bits per heavy atom. The monoisotopic (exact) mass is 290 g/mol. The van der Waals surface area contributed by atoms with Crippen molar-refractivity contribution < 1.29 is 4.74 Å². The minimum Gasteiger partial charge on any atom is -0.497 e. The van der Waals surface area contributed by atoms with Crippen LogP contribution in [-0.4, -0.2) is 17.1 Å². The number of nitrogens with two attached hydrogens (primary N) is 1. The molecule has 1 aromatic heterocycles. The lowest BCUT2D eigenvalue weighted by molar-refractivity contribution is 0.414. The fourth-order valence-electron chi connectivity index (χ4n) is 1.52. The Kier molecular flexibility index (Phi) is 4.76. The summed E-state index contributed by atoms with van der Waals surface area (Å²) >= 11 is 6.64. The van der Waals surface area contributed by atoms with Crippen LogP contribution in [0.25, 0.3) is 0 Å². The molecule has 0 amide bonds.